The number of nitrogens with one attached hydrogen (secondary N) is 1. The van der Waals surface area contributed by atoms with E-state index in [1.807, 2.05) is 36.0 Å². The van der Waals surface area contributed by atoms with Crippen molar-refractivity contribution in [3.8, 4) is 5.69 Å². The van der Waals surface area contributed by atoms with Crippen molar-refractivity contribution < 1.29 is 0 Å². The van der Waals surface area contributed by atoms with Crippen molar-refractivity contribution in [1.29, 1.82) is 0 Å². The number of aryl methyl sites for hydroxylation is 2. The standard InChI is InChI=1S/C19H23N5OS/c1-23-15-6-4-3-5-14(15)16(11-18(23)25)24-19(13-7-9-20-12-13)21-17(22-24)8-10-26-2/h3-6,11,13,20H,7-10,12H2,1-2H3/t13-/m0/s1. The van der Waals surface area contributed by atoms with Gasteiger partial charge >= 0.3 is 0 Å². The smallest absolute Gasteiger partial charge is 0.252 e. The fourth-order valence-electron chi connectivity index (χ4n) is 3.55. The molecule has 4 rings (SSSR count). The summed E-state index contributed by atoms with van der Waals surface area (Å²) in [5.74, 6) is 3.13. The van der Waals surface area contributed by atoms with E-state index in [4.69, 9.17) is 10.1 Å². The van der Waals surface area contributed by atoms with Crippen LogP contribution < -0.4 is 10.9 Å². The number of rotatable bonds is 5. The van der Waals surface area contributed by atoms with Crippen LogP contribution in [-0.2, 0) is 13.5 Å². The van der Waals surface area contributed by atoms with Gasteiger partial charge in [-0.1, -0.05) is 18.2 Å². The van der Waals surface area contributed by atoms with Crippen molar-refractivity contribution in [2.24, 2.45) is 7.05 Å². The third-order valence-corrected chi connectivity index (χ3v) is 5.60. The molecule has 1 N–H and O–H groups in total. The first kappa shape index (κ1) is 17.3. The number of hydrogen-bond acceptors (Lipinski definition) is 5. The van der Waals surface area contributed by atoms with Gasteiger partial charge in [-0.15, -0.1) is 0 Å². The molecule has 1 aliphatic heterocycles. The molecule has 136 valence electrons. The Labute approximate surface area is 156 Å². The monoisotopic (exact) mass is 369 g/mol. The molecule has 0 unspecified atom stereocenters. The lowest BCUT2D eigenvalue weighted by Gasteiger charge is -2.14. The van der Waals surface area contributed by atoms with Crippen molar-refractivity contribution >= 4 is 22.7 Å². The van der Waals surface area contributed by atoms with Crippen molar-refractivity contribution in [1.82, 2.24) is 24.6 Å². The second-order valence-electron chi connectivity index (χ2n) is 6.67. The summed E-state index contributed by atoms with van der Waals surface area (Å²) in [6.45, 7) is 1.90. The summed E-state index contributed by atoms with van der Waals surface area (Å²) in [5.41, 5.74) is 1.70. The van der Waals surface area contributed by atoms with Crippen LogP contribution in [0.1, 0.15) is 24.0 Å². The summed E-state index contributed by atoms with van der Waals surface area (Å²) < 4.78 is 3.60. The summed E-state index contributed by atoms with van der Waals surface area (Å²) in [4.78, 5) is 17.4. The maximum atomic E-state index is 12.5. The molecule has 0 bridgehead atoms. The molecule has 1 atom stereocenters. The number of thioether (sulfide) groups is 1. The molecule has 3 heterocycles. The zero-order valence-corrected chi connectivity index (χ0v) is 15.9. The van der Waals surface area contributed by atoms with E-state index in [0.717, 1.165) is 59.9 Å². The van der Waals surface area contributed by atoms with Crippen LogP contribution in [0.4, 0.5) is 0 Å². The van der Waals surface area contributed by atoms with Gasteiger partial charge < -0.3 is 9.88 Å². The van der Waals surface area contributed by atoms with Crippen LogP contribution in [0.5, 0.6) is 0 Å². The van der Waals surface area contributed by atoms with E-state index in [9.17, 15) is 4.79 Å². The predicted octanol–water partition coefficient (Wildman–Crippen LogP) is 2.10. The highest BCUT2D eigenvalue weighted by atomic mass is 32.2. The predicted molar refractivity (Wildman–Crippen MR) is 106 cm³/mol. The minimum absolute atomic E-state index is 0.0321. The van der Waals surface area contributed by atoms with Crippen LogP contribution >= 0.6 is 11.8 Å². The van der Waals surface area contributed by atoms with E-state index >= 15 is 0 Å². The molecule has 1 aromatic carbocycles. The maximum absolute atomic E-state index is 12.5. The van der Waals surface area contributed by atoms with E-state index in [0.29, 0.717) is 5.92 Å². The van der Waals surface area contributed by atoms with E-state index < -0.39 is 0 Å². The molecular formula is C19H23N5OS. The highest BCUT2D eigenvalue weighted by Gasteiger charge is 2.25. The largest absolute Gasteiger partial charge is 0.316 e. The number of hydrogen-bond donors (Lipinski definition) is 1. The van der Waals surface area contributed by atoms with Gasteiger partial charge in [0.25, 0.3) is 5.56 Å². The van der Waals surface area contributed by atoms with Gasteiger partial charge in [0, 0.05) is 43.1 Å². The zero-order valence-electron chi connectivity index (χ0n) is 15.1. The lowest BCUT2D eigenvalue weighted by atomic mass is 10.1. The van der Waals surface area contributed by atoms with E-state index in [1.54, 1.807) is 22.4 Å². The Morgan fingerprint density at radius 3 is 2.96 bits per heavy atom. The molecule has 3 aromatic rings. The second kappa shape index (κ2) is 7.25. The van der Waals surface area contributed by atoms with Gasteiger partial charge in [-0.25, -0.2) is 9.67 Å². The SMILES string of the molecule is CSCCc1nc([C@H]2CCNC2)n(-c2cc(=O)n(C)c3ccccc23)n1. The van der Waals surface area contributed by atoms with E-state index in [2.05, 4.69) is 11.6 Å². The lowest BCUT2D eigenvalue weighted by Crippen LogP contribution is -2.19. The number of fused-ring (bicyclic) bond motifs is 1. The van der Waals surface area contributed by atoms with Crippen molar-refractivity contribution in [3.63, 3.8) is 0 Å². The minimum Gasteiger partial charge on any atom is -0.316 e. The fourth-order valence-corrected chi connectivity index (χ4v) is 3.94. The molecular weight excluding hydrogens is 346 g/mol. The Balaban J connectivity index is 1.92. The van der Waals surface area contributed by atoms with Gasteiger partial charge in [0.15, 0.2) is 5.82 Å². The average Bonchev–Trinajstić information content (AvgIpc) is 3.32. The molecule has 1 aliphatic rings. The first-order valence-corrected chi connectivity index (χ1v) is 10.3. The zero-order chi connectivity index (χ0) is 18.1. The molecule has 1 saturated heterocycles. The number of para-hydroxylation sites is 1. The van der Waals surface area contributed by atoms with Crippen LogP contribution in [-0.4, -0.2) is 44.4 Å². The summed E-state index contributed by atoms with van der Waals surface area (Å²) in [6, 6.07) is 9.66. The van der Waals surface area contributed by atoms with Crippen molar-refractivity contribution in [2.45, 2.75) is 18.8 Å². The van der Waals surface area contributed by atoms with Crippen LogP contribution in [0, 0.1) is 0 Å². The van der Waals surface area contributed by atoms with E-state index in [-0.39, 0.29) is 5.56 Å². The summed E-state index contributed by atoms with van der Waals surface area (Å²) >= 11 is 1.79. The number of aromatic nitrogens is 4. The minimum atomic E-state index is -0.0321. The number of benzene rings is 1. The molecule has 1 fully saturated rings. The Kier molecular flexibility index (Phi) is 4.82. The Morgan fingerprint density at radius 1 is 1.35 bits per heavy atom. The van der Waals surface area contributed by atoms with Crippen molar-refractivity contribution in [2.75, 3.05) is 25.1 Å². The normalized spacial score (nSPS) is 17.2. The van der Waals surface area contributed by atoms with Gasteiger partial charge in [-0.2, -0.15) is 16.9 Å². The van der Waals surface area contributed by atoms with Crippen molar-refractivity contribution in [3.05, 3.63) is 52.3 Å². The highest BCUT2D eigenvalue weighted by molar-refractivity contribution is 7.98. The number of pyridine rings is 1. The molecule has 0 saturated carbocycles. The molecule has 0 spiro atoms. The first-order valence-electron chi connectivity index (χ1n) is 8.93. The Bertz CT molecular complexity index is 987. The molecule has 7 heteroatoms. The topological polar surface area (TPSA) is 64.7 Å². The van der Waals surface area contributed by atoms with Crippen LogP contribution in [0.2, 0.25) is 0 Å². The first-order chi connectivity index (χ1) is 12.7. The van der Waals surface area contributed by atoms with E-state index in [1.165, 1.54) is 0 Å². The summed E-state index contributed by atoms with van der Waals surface area (Å²) in [7, 11) is 1.81. The molecule has 0 amide bonds. The maximum Gasteiger partial charge on any atom is 0.252 e. The van der Waals surface area contributed by atoms with Gasteiger partial charge in [0.1, 0.15) is 5.82 Å². The molecule has 6 nitrogen and oxygen atoms in total. The Hall–Kier alpha value is -2.12. The Morgan fingerprint density at radius 2 is 2.19 bits per heavy atom. The highest BCUT2D eigenvalue weighted by Crippen LogP contribution is 2.27. The fraction of sp³-hybridized carbons (Fsp3) is 0.421. The third kappa shape index (κ3) is 3.05. The quantitative estimate of drug-likeness (QED) is 0.746. The third-order valence-electron chi connectivity index (χ3n) is 4.99. The van der Waals surface area contributed by atoms with Crippen LogP contribution in [0.25, 0.3) is 16.6 Å². The summed E-state index contributed by atoms with van der Waals surface area (Å²) in [6.07, 6.45) is 3.97. The molecule has 26 heavy (non-hydrogen) atoms. The average molecular weight is 369 g/mol. The lowest BCUT2D eigenvalue weighted by molar-refractivity contribution is 0.664. The molecule has 2 aromatic heterocycles. The summed E-state index contributed by atoms with van der Waals surface area (Å²) in [5, 5.41) is 9.23. The van der Waals surface area contributed by atoms with Crippen LogP contribution in [0.3, 0.4) is 0 Å². The van der Waals surface area contributed by atoms with Gasteiger partial charge in [-0.3, -0.25) is 4.79 Å². The number of nitrogens with zero attached hydrogens (tertiary/aromatic N) is 4. The molecule has 0 aliphatic carbocycles. The second-order valence-corrected chi connectivity index (χ2v) is 7.66. The van der Waals surface area contributed by atoms with Crippen LogP contribution in [0.15, 0.2) is 35.1 Å². The van der Waals surface area contributed by atoms with Gasteiger partial charge in [-0.05, 0) is 25.3 Å². The van der Waals surface area contributed by atoms with Gasteiger partial charge in [0.05, 0.1) is 11.2 Å². The van der Waals surface area contributed by atoms with Gasteiger partial charge in [0.2, 0.25) is 0 Å². The molecule has 0 radical (unpaired) electrons.